The van der Waals surface area contributed by atoms with Gasteiger partial charge in [0.15, 0.2) is 0 Å². The zero-order chi connectivity index (χ0) is 5.11. The summed E-state index contributed by atoms with van der Waals surface area (Å²) in [7, 11) is 0. The molecule has 36 valence electrons. The Morgan fingerprint density at radius 1 is 1.57 bits per heavy atom. The van der Waals surface area contributed by atoms with E-state index in [0.29, 0.717) is 0 Å². The van der Waals surface area contributed by atoms with Crippen LogP contribution in [0, 0.1) is 11.8 Å². The number of hydrogen-bond donors (Lipinski definition) is 0. The molecule has 1 aliphatic carbocycles. The lowest BCUT2D eigenvalue weighted by atomic mass is 10.1. The monoisotopic (exact) mass is 92.1 g/mol. The first kappa shape index (κ1) is 4.46. The van der Waals surface area contributed by atoms with Gasteiger partial charge in [0.2, 0.25) is 0 Å². The normalized spacial score (nSPS) is 17.0. The average molecular weight is 92.1 g/mol. The fourth-order valence-electron chi connectivity index (χ4n) is 0.572. The quantitative estimate of drug-likeness (QED) is 0.315. The molecule has 0 heterocycles. The summed E-state index contributed by atoms with van der Waals surface area (Å²) in [6, 6.07) is 0. The van der Waals surface area contributed by atoms with Crippen LogP contribution in [0.3, 0.4) is 0 Å². The highest BCUT2D eigenvalue weighted by molar-refractivity contribution is 5.19. The van der Waals surface area contributed by atoms with E-state index in [2.05, 4.69) is 24.8 Å². The standard InChI is InChI=1S/C7H8/c1-7-5-3-2-4-6-7/h5H,3,6H2,1H3. The van der Waals surface area contributed by atoms with Gasteiger partial charge >= 0.3 is 0 Å². The fourth-order valence-corrected chi connectivity index (χ4v) is 0.572. The maximum atomic E-state index is 3.02. The topological polar surface area (TPSA) is 0 Å². The van der Waals surface area contributed by atoms with E-state index >= 15 is 0 Å². The van der Waals surface area contributed by atoms with E-state index in [1.54, 1.807) is 0 Å². The summed E-state index contributed by atoms with van der Waals surface area (Å²) in [6.07, 6.45) is 4.13. The second kappa shape index (κ2) is 1.84. The molecule has 0 N–H and O–H groups in total. The molecule has 0 aromatic heterocycles. The molecule has 0 aromatic rings. The minimum atomic E-state index is 0.964. The van der Waals surface area contributed by atoms with Crippen molar-refractivity contribution in [3.63, 3.8) is 0 Å². The Labute approximate surface area is 44.2 Å². The molecular formula is C7H8. The Bertz CT molecular complexity index is 141. The molecule has 0 amide bonds. The van der Waals surface area contributed by atoms with Gasteiger partial charge in [0.05, 0.1) is 0 Å². The molecule has 0 aromatic carbocycles. The smallest absolute Gasteiger partial charge is 0.0296 e. The molecule has 0 saturated carbocycles. The van der Waals surface area contributed by atoms with Crippen LogP contribution >= 0.6 is 0 Å². The van der Waals surface area contributed by atoms with Crippen LogP contribution in [0.2, 0.25) is 0 Å². The van der Waals surface area contributed by atoms with E-state index in [9.17, 15) is 0 Å². The third kappa shape index (κ3) is 1.08. The molecule has 0 saturated heterocycles. The van der Waals surface area contributed by atoms with Crippen LogP contribution < -0.4 is 0 Å². The molecule has 0 nitrogen and oxygen atoms in total. The lowest BCUT2D eigenvalue weighted by Gasteiger charge is -1.93. The van der Waals surface area contributed by atoms with Gasteiger partial charge in [-0.3, -0.25) is 0 Å². The second-order valence-corrected chi connectivity index (χ2v) is 1.78. The first-order valence-electron chi connectivity index (χ1n) is 2.51. The molecule has 0 bridgehead atoms. The average Bonchev–Trinajstić information content (AvgIpc) is 1.69. The highest BCUT2D eigenvalue weighted by Crippen LogP contribution is 2.02. The molecule has 7 heavy (non-hydrogen) atoms. The van der Waals surface area contributed by atoms with Gasteiger partial charge in [0.1, 0.15) is 0 Å². The van der Waals surface area contributed by atoms with Crippen molar-refractivity contribution >= 4 is 0 Å². The molecule has 0 heteroatoms. The molecule has 0 fully saturated rings. The summed E-state index contributed by atoms with van der Waals surface area (Å²) in [5, 5.41) is 0. The van der Waals surface area contributed by atoms with E-state index in [-0.39, 0.29) is 0 Å². The largest absolute Gasteiger partial charge is 0.0988 e. The van der Waals surface area contributed by atoms with Crippen molar-refractivity contribution in [3.8, 4) is 11.8 Å². The molecule has 0 radical (unpaired) electrons. The van der Waals surface area contributed by atoms with Crippen LogP contribution in [0.5, 0.6) is 0 Å². The fraction of sp³-hybridized carbons (Fsp3) is 0.429. The van der Waals surface area contributed by atoms with Crippen LogP contribution in [-0.2, 0) is 0 Å². The maximum absolute atomic E-state index is 3.02. The zero-order valence-electron chi connectivity index (χ0n) is 4.49. The minimum Gasteiger partial charge on any atom is -0.0988 e. The molecule has 1 rings (SSSR count). The summed E-state index contributed by atoms with van der Waals surface area (Å²) < 4.78 is 0. The summed E-state index contributed by atoms with van der Waals surface area (Å²) in [6.45, 7) is 2.12. The molecule has 1 aliphatic rings. The van der Waals surface area contributed by atoms with E-state index in [1.807, 2.05) is 0 Å². The Kier molecular flexibility index (Phi) is 1.17. The van der Waals surface area contributed by atoms with Gasteiger partial charge in [-0.25, -0.2) is 0 Å². The van der Waals surface area contributed by atoms with Crippen molar-refractivity contribution in [2.24, 2.45) is 0 Å². The number of hydrogen-bond acceptors (Lipinski definition) is 0. The minimum absolute atomic E-state index is 0.964. The highest BCUT2D eigenvalue weighted by Gasteiger charge is 1.86. The van der Waals surface area contributed by atoms with Gasteiger partial charge in [-0.1, -0.05) is 23.5 Å². The van der Waals surface area contributed by atoms with Crippen LogP contribution in [0.4, 0.5) is 0 Å². The van der Waals surface area contributed by atoms with Gasteiger partial charge < -0.3 is 0 Å². The first-order chi connectivity index (χ1) is 3.39. The summed E-state index contributed by atoms with van der Waals surface area (Å²) >= 11 is 0. The van der Waals surface area contributed by atoms with Crippen LogP contribution in [0.1, 0.15) is 19.8 Å². The molecule has 0 spiro atoms. The van der Waals surface area contributed by atoms with Crippen molar-refractivity contribution in [1.82, 2.24) is 0 Å². The summed E-state index contributed by atoms with van der Waals surface area (Å²) in [5.74, 6) is 6.00. The van der Waals surface area contributed by atoms with Gasteiger partial charge in [0, 0.05) is 12.8 Å². The molecule has 0 atom stereocenters. The Morgan fingerprint density at radius 3 is 2.71 bits per heavy atom. The van der Waals surface area contributed by atoms with E-state index in [4.69, 9.17) is 0 Å². The van der Waals surface area contributed by atoms with E-state index in [1.165, 1.54) is 5.57 Å². The Morgan fingerprint density at radius 2 is 2.43 bits per heavy atom. The molecular weight excluding hydrogens is 84.1 g/mol. The van der Waals surface area contributed by atoms with Crippen LogP contribution in [-0.4, -0.2) is 0 Å². The summed E-state index contributed by atoms with van der Waals surface area (Å²) in [5.41, 5.74) is 1.42. The molecule has 0 unspecified atom stereocenters. The van der Waals surface area contributed by atoms with Gasteiger partial charge in [0.25, 0.3) is 0 Å². The first-order valence-corrected chi connectivity index (χ1v) is 2.51. The lowest BCUT2D eigenvalue weighted by Crippen LogP contribution is -1.77. The maximum Gasteiger partial charge on any atom is 0.0296 e. The van der Waals surface area contributed by atoms with Gasteiger partial charge in [-0.2, -0.15) is 0 Å². The van der Waals surface area contributed by atoms with Crippen molar-refractivity contribution in [2.75, 3.05) is 0 Å². The van der Waals surface area contributed by atoms with Crippen molar-refractivity contribution in [1.29, 1.82) is 0 Å². The number of rotatable bonds is 0. The lowest BCUT2D eigenvalue weighted by molar-refractivity contribution is 1.18. The highest BCUT2D eigenvalue weighted by atomic mass is 13.9. The zero-order valence-corrected chi connectivity index (χ0v) is 4.49. The van der Waals surface area contributed by atoms with E-state index < -0.39 is 0 Å². The third-order valence-corrected chi connectivity index (χ3v) is 1.04. The van der Waals surface area contributed by atoms with Crippen LogP contribution in [0.25, 0.3) is 0 Å². The Hall–Kier alpha value is -0.700. The van der Waals surface area contributed by atoms with Crippen molar-refractivity contribution in [3.05, 3.63) is 11.6 Å². The van der Waals surface area contributed by atoms with Crippen molar-refractivity contribution in [2.45, 2.75) is 19.8 Å². The molecule has 0 aliphatic heterocycles. The van der Waals surface area contributed by atoms with Gasteiger partial charge in [-0.15, -0.1) is 0 Å². The third-order valence-electron chi connectivity index (χ3n) is 1.04. The Balaban J connectivity index is 2.58. The predicted octanol–water partition coefficient (Wildman–Crippen LogP) is 1.73. The predicted molar refractivity (Wildman–Crippen MR) is 30.8 cm³/mol. The van der Waals surface area contributed by atoms with Crippen molar-refractivity contribution < 1.29 is 0 Å². The van der Waals surface area contributed by atoms with Gasteiger partial charge in [-0.05, 0) is 6.92 Å². The van der Waals surface area contributed by atoms with Crippen LogP contribution in [0.15, 0.2) is 11.6 Å². The summed E-state index contributed by atoms with van der Waals surface area (Å²) in [4.78, 5) is 0. The van der Waals surface area contributed by atoms with E-state index in [0.717, 1.165) is 12.8 Å². The number of allylic oxidation sites excluding steroid dienone is 2. The second-order valence-electron chi connectivity index (χ2n) is 1.78. The SMILES string of the molecule is CC1=CCC#CC1.